The Balaban J connectivity index is 2.28. The molecule has 0 spiro atoms. The normalized spacial score (nSPS) is 10.7. The first-order valence-corrected chi connectivity index (χ1v) is 7.84. The molecule has 0 aliphatic carbocycles. The molecule has 0 saturated heterocycles. The molecular weight excluding hydrogens is 320 g/mol. The largest absolute Gasteiger partial charge is 0.493 e. The number of aromatic nitrogens is 1. The highest BCUT2D eigenvalue weighted by Gasteiger charge is 2.07. The van der Waals surface area contributed by atoms with Gasteiger partial charge in [0.15, 0.2) is 23.5 Å². The molecule has 0 atom stereocenters. The Morgan fingerprint density at radius 1 is 1.16 bits per heavy atom. The van der Waals surface area contributed by atoms with E-state index in [9.17, 15) is 9.59 Å². The number of pyridine rings is 1. The number of benzene rings is 1. The van der Waals surface area contributed by atoms with E-state index in [0.717, 1.165) is 17.0 Å². The molecule has 1 N–H and O–H groups in total. The first-order valence-electron chi connectivity index (χ1n) is 7.84. The Hall–Kier alpha value is -3.02. The van der Waals surface area contributed by atoms with E-state index in [2.05, 4.69) is 5.32 Å². The molecule has 0 fully saturated rings. The molecule has 0 unspecified atom stereocenters. The van der Waals surface area contributed by atoms with E-state index in [-0.39, 0.29) is 17.9 Å². The lowest BCUT2D eigenvalue weighted by Gasteiger charge is -2.11. The van der Waals surface area contributed by atoms with Crippen LogP contribution in [0.1, 0.15) is 17.0 Å². The average Bonchev–Trinajstić information content (AvgIpc) is 2.58. The topological polar surface area (TPSA) is 69.6 Å². The van der Waals surface area contributed by atoms with Crippen LogP contribution < -0.4 is 20.2 Å². The van der Waals surface area contributed by atoms with Crippen LogP contribution in [-0.4, -0.2) is 31.2 Å². The van der Waals surface area contributed by atoms with Gasteiger partial charge in [-0.2, -0.15) is 0 Å². The number of aryl methyl sites for hydroxylation is 2. The maximum Gasteiger partial charge on any atom is 0.257 e. The fourth-order valence-corrected chi connectivity index (χ4v) is 2.39. The highest BCUT2D eigenvalue weighted by molar-refractivity contribution is 5.77. The van der Waals surface area contributed by atoms with Crippen molar-refractivity contribution in [2.45, 2.75) is 13.8 Å². The second-order valence-electron chi connectivity index (χ2n) is 5.53. The van der Waals surface area contributed by atoms with Gasteiger partial charge in [0, 0.05) is 36.8 Å². The van der Waals surface area contributed by atoms with Crippen LogP contribution in [-0.2, 0) is 4.79 Å². The van der Waals surface area contributed by atoms with Crippen LogP contribution in [0.4, 0.5) is 0 Å². The van der Waals surface area contributed by atoms with E-state index in [1.807, 2.05) is 36.8 Å². The summed E-state index contributed by atoms with van der Waals surface area (Å²) < 4.78 is 12.7. The van der Waals surface area contributed by atoms with Crippen molar-refractivity contribution in [3.63, 3.8) is 0 Å². The third kappa shape index (κ3) is 4.73. The van der Waals surface area contributed by atoms with Gasteiger partial charge >= 0.3 is 0 Å². The number of methoxy groups -OCH3 is 1. The summed E-state index contributed by atoms with van der Waals surface area (Å²) >= 11 is 0. The van der Waals surface area contributed by atoms with Crippen LogP contribution in [0.15, 0.2) is 35.1 Å². The molecule has 132 valence electrons. The van der Waals surface area contributed by atoms with Crippen molar-refractivity contribution in [1.29, 1.82) is 0 Å². The Kier molecular flexibility index (Phi) is 6.00. The van der Waals surface area contributed by atoms with E-state index >= 15 is 0 Å². The summed E-state index contributed by atoms with van der Waals surface area (Å²) in [5.74, 6) is 0.820. The predicted octanol–water partition coefficient (Wildman–Crippen LogP) is 2.23. The lowest BCUT2D eigenvalue weighted by molar-refractivity contribution is -0.122. The molecule has 6 heteroatoms. The van der Waals surface area contributed by atoms with Gasteiger partial charge in [-0.25, -0.2) is 0 Å². The summed E-state index contributed by atoms with van der Waals surface area (Å²) in [5.41, 5.74) is 2.58. The summed E-state index contributed by atoms with van der Waals surface area (Å²) in [6.07, 6.45) is 3.78. The van der Waals surface area contributed by atoms with E-state index in [0.29, 0.717) is 11.5 Å². The minimum atomic E-state index is -0.220. The number of nitrogens with one attached hydrogen (secondary N) is 1. The van der Waals surface area contributed by atoms with Crippen LogP contribution in [0.5, 0.6) is 11.5 Å². The third-order valence-electron chi connectivity index (χ3n) is 3.70. The molecule has 2 aromatic rings. The molecule has 0 saturated carbocycles. The molecule has 1 heterocycles. The molecule has 0 radical (unpaired) electrons. The van der Waals surface area contributed by atoms with Crippen molar-refractivity contribution in [2.75, 3.05) is 20.8 Å². The number of hydrogen-bond donors (Lipinski definition) is 1. The number of likely N-dealkylation sites (N-methyl/N-ethyl adjacent to an activating group) is 1. The Labute approximate surface area is 146 Å². The Bertz CT molecular complexity index is 827. The smallest absolute Gasteiger partial charge is 0.257 e. The highest BCUT2D eigenvalue weighted by Crippen LogP contribution is 2.28. The van der Waals surface area contributed by atoms with Crippen molar-refractivity contribution in [1.82, 2.24) is 9.88 Å². The molecule has 2 rings (SSSR count). The summed E-state index contributed by atoms with van der Waals surface area (Å²) in [4.78, 5) is 22.9. The zero-order valence-electron chi connectivity index (χ0n) is 14.8. The van der Waals surface area contributed by atoms with Gasteiger partial charge in [0.1, 0.15) is 0 Å². The maximum absolute atomic E-state index is 11.5. The molecule has 1 amide bonds. The standard InChI is InChI=1S/C19H22N2O4/c1-13-9-16(22)10-14(2)21(13)8-7-15-5-6-17(24-4)18(11-15)25-12-19(23)20-3/h5-11H,12H2,1-4H3,(H,20,23)/b8-7+. The summed E-state index contributed by atoms with van der Waals surface area (Å²) in [6.45, 7) is 3.67. The zero-order valence-corrected chi connectivity index (χ0v) is 14.8. The van der Waals surface area contributed by atoms with Crippen molar-refractivity contribution >= 4 is 18.2 Å². The lowest BCUT2D eigenvalue weighted by Crippen LogP contribution is -2.24. The third-order valence-corrected chi connectivity index (χ3v) is 3.70. The van der Waals surface area contributed by atoms with Gasteiger partial charge < -0.3 is 19.4 Å². The van der Waals surface area contributed by atoms with Gasteiger partial charge in [0.25, 0.3) is 5.91 Å². The number of hydrogen-bond acceptors (Lipinski definition) is 4. The minimum absolute atomic E-state index is 0.00557. The van der Waals surface area contributed by atoms with Crippen molar-refractivity contribution in [3.8, 4) is 11.5 Å². The van der Waals surface area contributed by atoms with E-state index < -0.39 is 0 Å². The number of nitrogens with zero attached hydrogens (tertiary/aromatic N) is 1. The molecule has 25 heavy (non-hydrogen) atoms. The van der Waals surface area contributed by atoms with Gasteiger partial charge in [0.05, 0.1) is 7.11 Å². The number of amides is 1. The van der Waals surface area contributed by atoms with Crippen molar-refractivity contribution in [3.05, 3.63) is 57.5 Å². The molecule has 6 nitrogen and oxygen atoms in total. The Morgan fingerprint density at radius 3 is 2.44 bits per heavy atom. The van der Waals surface area contributed by atoms with Gasteiger partial charge in [-0.1, -0.05) is 6.07 Å². The average molecular weight is 342 g/mol. The van der Waals surface area contributed by atoms with Crippen LogP contribution in [0.2, 0.25) is 0 Å². The molecule has 1 aromatic carbocycles. The summed E-state index contributed by atoms with van der Waals surface area (Å²) in [7, 11) is 3.10. The van der Waals surface area contributed by atoms with Crippen LogP contribution in [0.25, 0.3) is 12.3 Å². The van der Waals surface area contributed by atoms with E-state index in [4.69, 9.17) is 9.47 Å². The van der Waals surface area contributed by atoms with Crippen molar-refractivity contribution < 1.29 is 14.3 Å². The zero-order chi connectivity index (χ0) is 18.4. The second kappa shape index (κ2) is 8.19. The van der Waals surface area contributed by atoms with Crippen LogP contribution in [0.3, 0.4) is 0 Å². The lowest BCUT2D eigenvalue weighted by atomic mass is 10.2. The number of rotatable bonds is 6. The first-order chi connectivity index (χ1) is 11.9. The first kappa shape index (κ1) is 18.3. The van der Waals surface area contributed by atoms with Gasteiger partial charge in [-0.05, 0) is 37.6 Å². The number of carbonyl (C=O) groups excluding carboxylic acids is 1. The Morgan fingerprint density at radius 2 is 1.84 bits per heavy atom. The minimum Gasteiger partial charge on any atom is -0.493 e. The molecule has 0 bridgehead atoms. The summed E-state index contributed by atoms with van der Waals surface area (Å²) in [5, 5.41) is 2.50. The highest BCUT2D eigenvalue weighted by atomic mass is 16.5. The number of carbonyl (C=O) groups is 1. The van der Waals surface area contributed by atoms with Gasteiger partial charge in [-0.15, -0.1) is 0 Å². The van der Waals surface area contributed by atoms with Crippen LogP contribution in [0, 0.1) is 13.8 Å². The second-order valence-corrected chi connectivity index (χ2v) is 5.53. The predicted molar refractivity (Wildman–Crippen MR) is 98.0 cm³/mol. The summed E-state index contributed by atoms with van der Waals surface area (Å²) in [6, 6.07) is 8.64. The van der Waals surface area contributed by atoms with Crippen LogP contribution >= 0.6 is 0 Å². The van der Waals surface area contributed by atoms with E-state index in [1.54, 1.807) is 38.4 Å². The SMILES string of the molecule is CNC(=O)COc1cc(/C=C/n2c(C)cc(=O)cc2C)ccc1OC. The monoisotopic (exact) mass is 342 g/mol. The molecule has 0 aliphatic rings. The van der Waals surface area contributed by atoms with Crippen molar-refractivity contribution in [2.24, 2.45) is 0 Å². The number of ether oxygens (including phenoxy) is 2. The molecule has 1 aromatic heterocycles. The van der Waals surface area contributed by atoms with Gasteiger partial charge in [-0.3, -0.25) is 9.59 Å². The fourth-order valence-electron chi connectivity index (χ4n) is 2.39. The molecule has 0 aliphatic heterocycles. The van der Waals surface area contributed by atoms with E-state index in [1.165, 1.54) is 0 Å². The quantitative estimate of drug-likeness (QED) is 0.874. The van der Waals surface area contributed by atoms with Gasteiger partial charge in [0.2, 0.25) is 0 Å². The molecular formula is C19H22N2O4. The fraction of sp³-hybridized carbons (Fsp3) is 0.263. The maximum atomic E-state index is 11.5.